The molecule has 2 aliphatic carbocycles. The van der Waals surface area contributed by atoms with Crippen LogP contribution in [-0.2, 0) is 16.6 Å². The highest BCUT2D eigenvalue weighted by Gasteiger charge is 2.58. The molecule has 8 nitrogen and oxygen atoms in total. The number of aliphatic hydroxyl groups is 1. The highest BCUT2D eigenvalue weighted by Crippen LogP contribution is 2.46. The number of hydrogen-bond acceptors (Lipinski definition) is 5. The second kappa shape index (κ2) is 7.71. The van der Waals surface area contributed by atoms with Crippen LogP contribution in [0.1, 0.15) is 37.7 Å². The summed E-state index contributed by atoms with van der Waals surface area (Å²) in [6, 6.07) is 11.0. The van der Waals surface area contributed by atoms with Crippen LogP contribution < -0.4 is 0 Å². The summed E-state index contributed by atoms with van der Waals surface area (Å²) in [4.78, 5) is 34.0. The maximum absolute atomic E-state index is 15.6. The smallest absolute Gasteiger partial charge is 0.256 e. The predicted octanol–water partition coefficient (Wildman–Crippen LogP) is 2.87. The van der Waals surface area contributed by atoms with Gasteiger partial charge in [0.1, 0.15) is 22.8 Å². The van der Waals surface area contributed by atoms with Gasteiger partial charge >= 0.3 is 0 Å². The minimum Gasteiger partial charge on any atom is -0.380 e. The first-order valence-electron chi connectivity index (χ1n) is 12.9. The van der Waals surface area contributed by atoms with Crippen LogP contribution in [0.2, 0.25) is 0 Å². The van der Waals surface area contributed by atoms with Gasteiger partial charge in [-0.25, -0.2) is 4.39 Å². The topological polar surface area (TPSA) is 91.0 Å². The SMILES string of the molecule is Cn1ncc2cc(-c3ccc(C4=NC5(CC5)C(=O)N4C[C@@H]4CCN(C(=O)C5(O)CC5)C4)c(F)c3)ccc21. The number of aryl methyl sites for hydroxylation is 1. The lowest BCUT2D eigenvalue weighted by atomic mass is 10.0. The van der Waals surface area contributed by atoms with Crippen LogP contribution in [0.4, 0.5) is 4.39 Å². The van der Waals surface area contributed by atoms with Gasteiger partial charge in [-0.15, -0.1) is 0 Å². The van der Waals surface area contributed by atoms with Crippen LogP contribution in [-0.4, -0.2) is 73.1 Å². The third kappa shape index (κ3) is 3.59. The first kappa shape index (κ1) is 22.6. The molecule has 1 N–H and O–H groups in total. The Morgan fingerprint density at radius 2 is 1.89 bits per heavy atom. The van der Waals surface area contributed by atoms with Crippen LogP contribution >= 0.6 is 0 Å². The van der Waals surface area contributed by atoms with Gasteiger partial charge in [-0.1, -0.05) is 12.1 Å². The normalized spacial score (nSPS) is 23.3. The number of nitrogens with zero attached hydrogens (tertiary/aromatic N) is 5. The van der Waals surface area contributed by atoms with Crippen molar-refractivity contribution in [2.45, 2.75) is 43.2 Å². The Labute approximate surface area is 213 Å². The molecule has 9 heteroatoms. The lowest BCUT2D eigenvalue weighted by Gasteiger charge is -2.24. The summed E-state index contributed by atoms with van der Waals surface area (Å²) >= 11 is 0. The van der Waals surface area contributed by atoms with E-state index in [1.54, 1.807) is 26.7 Å². The third-order valence-corrected chi connectivity index (χ3v) is 8.37. The van der Waals surface area contributed by atoms with E-state index in [9.17, 15) is 14.7 Å². The number of rotatable bonds is 5. The number of hydrogen-bond donors (Lipinski definition) is 1. The molecule has 0 radical (unpaired) electrons. The van der Waals surface area contributed by atoms with Gasteiger partial charge in [0.15, 0.2) is 0 Å². The standard InChI is InChI=1S/C28H28FN5O3/c1-32-23-5-3-18(12-20(23)14-30-32)19-2-4-21(22(29)13-19)24-31-27(7-8-27)25(35)34(24)16-17-6-11-33(15-17)26(36)28(37)9-10-28/h2-5,12-14,17,37H,6-11,15-16H2,1H3/t17-/m1/s1. The zero-order chi connectivity index (χ0) is 25.5. The summed E-state index contributed by atoms with van der Waals surface area (Å²) in [5.74, 6) is -0.250. The quantitative estimate of drug-likeness (QED) is 0.582. The average molecular weight is 502 g/mol. The zero-order valence-corrected chi connectivity index (χ0v) is 20.7. The second-order valence-electron chi connectivity index (χ2n) is 11.1. The molecule has 190 valence electrons. The van der Waals surface area contributed by atoms with E-state index in [2.05, 4.69) is 5.10 Å². The van der Waals surface area contributed by atoms with Crippen molar-refractivity contribution in [1.82, 2.24) is 19.6 Å². The van der Waals surface area contributed by atoms with Crippen molar-refractivity contribution >= 4 is 28.6 Å². The predicted molar refractivity (Wildman–Crippen MR) is 135 cm³/mol. The van der Waals surface area contributed by atoms with E-state index >= 15 is 4.39 Å². The van der Waals surface area contributed by atoms with E-state index < -0.39 is 17.0 Å². The minimum atomic E-state index is -1.19. The minimum absolute atomic E-state index is 0.0582. The first-order valence-corrected chi connectivity index (χ1v) is 12.9. The number of carbonyl (C=O) groups excluding carboxylic acids is 2. The van der Waals surface area contributed by atoms with Crippen LogP contribution in [0.3, 0.4) is 0 Å². The van der Waals surface area contributed by atoms with Gasteiger partial charge in [0.25, 0.3) is 11.8 Å². The summed E-state index contributed by atoms with van der Waals surface area (Å²) in [7, 11) is 1.88. The van der Waals surface area contributed by atoms with Gasteiger partial charge in [0, 0.05) is 32.1 Å². The van der Waals surface area contributed by atoms with Gasteiger partial charge in [0.05, 0.1) is 17.3 Å². The maximum atomic E-state index is 15.6. The number of fused-ring (bicyclic) bond motifs is 1. The van der Waals surface area contributed by atoms with Gasteiger partial charge in [-0.2, -0.15) is 5.10 Å². The zero-order valence-electron chi connectivity index (χ0n) is 20.7. The molecule has 0 unspecified atom stereocenters. The molecule has 2 aromatic carbocycles. The summed E-state index contributed by atoms with van der Waals surface area (Å²) in [6.07, 6.45) is 4.92. The molecule has 0 bridgehead atoms. The van der Waals surface area contributed by atoms with Crippen LogP contribution in [0.5, 0.6) is 0 Å². The molecular formula is C28H28FN5O3. The van der Waals surface area contributed by atoms with Crippen LogP contribution in [0.15, 0.2) is 47.6 Å². The highest BCUT2D eigenvalue weighted by atomic mass is 19.1. The Hall–Kier alpha value is -3.59. The molecule has 1 spiro atoms. The van der Waals surface area contributed by atoms with Crippen molar-refractivity contribution in [3.05, 3.63) is 54.0 Å². The molecule has 37 heavy (non-hydrogen) atoms. The highest BCUT2D eigenvalue weighted by molar-refractivity contribution is 6.16. The monoisotopic (exact) mass is 501 g/mol. The fraction of sp³-hybridized carbons (Fsp3) is 0.429. The Balaban J connectivity index is 1.14. The van der Waals surface area contributed by atoms with Crippen molar-refractivity contribution in [1.29, 1.82) is 0 Å². The van der Waals surface area contributed by atoms with E-state index in [1.807, 2.05) is 31.3 Å². The third-order valence-electron chi connectivity index (χ3n) is 8.37. The number of aliphatic imine (C=N–C) groups is 1. The molecule has 1 aromatic heterocycles. The molecule has 7 rings (SSSR count). The maximum Gasteiger partial charge on any atom is 0.256 e. The summed E-state index contributed by atoms with van der Waals surface area (Å²) < 4.78 is 17.4. The Morgan fingerprint density at radius 3 is 2.62 bits per heavy atom. The van der Waals surface area contributed by atoms with E-state index in [-0.39, 0.29) is 17.7 Å². The molecule has 3 aromatic rings. The molecule has 1 atom stereocenters. The Morgan fingerprint density at radius 1 is 1.14 bits per heavy atom. The molecule has 3 fully saturated rings. The number of amidine groups is 1. The summed E-state index contributed by atoms with van der Waals surface area (Å²) in [6.45, 7) is 1.44. The number of benzene rings is 2. The molecule has 4 aliphatic rings. The largest absolute Gasteiger partial charge is 0.380 e. The number of halogens is 1. The van der Waals surface area contributed by atoms with Gasteiger partial charge in [-0.3, -0.25) is 24.2 Å². The van der Waals surface area contributed by atoms with E-state index in [4.69, 9.17) is 4.99 Å². The number of aromatic nitrogens is 2. The number of likely N-dealkylation sites (tertiary alicyclic amines) is 1. The van der Waals surface area contributed by atoms with E-state index in [1.165, 1.54) is 6.07 Å². The van der Waals surface area contributed by atoms with Gasteiger partial charge in [-0.05, 0) is 73.4 Å². The Bertz CT molecular complexity index is 1500. The average Bonchev–Trinajstić information content (AvgIpc) is 3.72. The van der Waals surface area contributed by atoms with Crippen LogP contribution in [0.25, 0.3) is 22.0 Å². The summed E-state index contributed by atoms with van der Waals surface area (Å²) in [5.41, 5.74) is 1.02. The van der Waals surface area contributed by atoms with Crippen LogP contribution in [0, 0.1) is 11.7 Å². The lowest BCUT2D eigenvalue weighted by molar-refractivity contribution is -0.141. The number of carbonyl (C=O) groups is 2. The van der Waals surface area contributed by atoms with Crippen molar-refractivity contribution in [2.24, 2.45) is 18.0 Å². The van der Waals surface area contributed by atoms with Crippen molar-refractivity contribution < 1.29 is 19.1 Å². The molecule has 2 saturated carbocycles. The fourth-order valence-electron chi connectivity index (χ4n) is 5.75. The molecule has 2 aliphatic heterocycles. The van der Waals surface area contributed by atoms with E-state index in [0.29, 0.717) is 56.7 Å². The fourth-order valence-corrected chi connectivity index (χ4v) is 5.75. The molecular weight excluding hydrogens is 473 g/mol. The molecule has 3 heterocycles. The van der Waals surface area contributed by atoms with E-state index in [0.717, 1.165) is 28.5 Å². The second-order valence-corrected chi connectivity index (χ2v) is 11.1. The summed E-state index contributed by atoms with van der Waals surface area (Å²) in [5, 5.41) is 15.5. The van der Waals surface area contributed by atoms with Crippen molar-refractivity contribution in [2.75, 3.05) is 19.6 Å². The van der Waals surface area contributed by atoms with Gasteiger partial charge < -0.3 is 10.0 Å². The number of amides is 2. The first-order chi connectivity index (χ1) is 17.8. The lowest BCUT2D eigenvalue weighted by Crippen LogP contribution is -2.42. The molecule has 1 saturated heterocycles. The molecule has 2 amide bonds. The Kier molecular flexibility index (Phi) is 4.71. The van der Waals surface area contributed by atoms with Crippen molar-refractivity contribution in [3.8, 4) is 11.1 Å². The van der Waals surface area contributed by atoms with Crippen molar-refractivity contribution in [3.63, 3.8) is 0 Å². The van der Waals surface area contributed by atoms with Gasteiger partial charge in [0.2, 0.25) is 0 Å².